The van der Waals surface area contributed by atoms with Gasteiger partial charge in [-0.2, -0.15) is 11.8 Å². The Labute approximate surface area is 413 Å². The molecule has 0 bridgehead atoms. The molecule has 0 saturated carbocycles. The highest BCUT2D eigenvalue weighted by Crippen LogP contribution is 2.23. The number of aliphatic hydroxyl groups excluding tert-OH is 1. The number of carbonyl (C=O) groups excluding carboxylic acids is 7. The van der Waals surface area contributed by atoms with Crippen LogP contribution in [0, 0.1) is 0 Å². The van der Waals surface area contributed by atoms with Crippen LogP contribution in [-0.4, -0.2) is 151 Å². The number of hydrogen-bond acceptors (Lipinski definition) is 14. The summed E-state index contributed by atoms with van der Waals surface area (Å²) in [4.78, 5) is 111. The number of unbranched alkanes of at least 4 members (excludes halogenated alkanes) is 1. The van der Waals surface area contributed by atoms with Crippen molar-refractivity contribution in [3.63, 3.8) is 0 Å². The third kappa shape index (κ3) is 17.2. The van der Waals surface area contributed by atoms with E-state index in [0.717, 1.165) is 0 Å². The second-order valence-electron chi connectivity index (χ2n) is 18.2. The minimum absolute atomic E-state index is 0.0281. The van der Waals surface area contributed by atoms with E-state index in [2.05, 4.69) is 31.9 Å². The third-order valence-electron chi connectivity index (χ3n) is 12.3. The zero-order valence-electron chi connectivity index (χ0n) is 40.9. The predicted molar refractivity (Wildman–Crippen MR) is 263 cm³/mol. The maximum atomic E-state index is 14.5. The molecule has 1 aliphatic rings. The van der Waals surface area contributed by atoms with Crippen molar-refractivity contribution in [3.8, 4) is 11.5 Å². The molecular weight excluding hydrogens is 927 g/mol. The normalized spacial score (nSPS) is 16.4. The number of aliphatic carboxylic acids is 1. The van der Waals surface area contributed by atoms with E-state index in [4.69, 9.17) is 11.5 Å². The molecule has 0 radical (unpaired) electrons. The van der Waals surface area contributed by atoms with Crippen LogP contribution in [0.25, 0.3) is 0 Å². The topological polar surface area (TPSA) is 345 Å². The molecule has 1 saturated heterocycles. The van der Waals surface area contributed by atoms with Gasteiger partial charge in [-0.15, -0.1) is 0 Å². The summed E-state index contributed by atoms with van der Waals surface area (Å²) < 4.78 is 0. The SMILES string of the molecule is CCC(CC)(NC(=O)[C@H](Cc1ccc(O)cc1)NC(=O)[C@@H](NC(=O)[C@@H]1CCCN1C(=O)[C@H](Cc1ccc(O)cc1)NC(=O)[C@H](CCSC)NC(=O)C(C)(C)N)[C@@H](C)O)C(=O)N[C@@H](CCCCN)C(=O)O. The summed E-state index contributed by atoms with van der Waals surface area (Å²) in [5.74, 6) is -6.20. The van der Waals surface area contributed by atoms with Crippen LogP contribution in [-0.2, 0) is 51.2 Å². The van der Waals surface area contributed by atoms with Gasteiger partial charge in [0.25, 0.3) is 0 Å². The van der Waals surface area contributed by atoms with E-state index in [-0.39, 0.29) is 63.0 Å². The molecule has 388 valence electrons. The molecule has 0 aliphatic carbocycles. The fourth-order valence-corrected chi connectivity index (χ4v) is 8.33. The lowest BCUT2D eigenvalue weighted by Gasteiger charge is -2.35. The highest BCUT2D eigenvalue weighted by Gasteiger charge is 2.43. The highest BCUT2D eigenvalue weighted by molar-refractivity contribution is 7.98. The number of nitrogens with one attached hydrogen (secondary N) is 6. The average Bonchev–Trinajstić information content (AvgIpc) is 3.81. The van der Waals surface area contributed by atoms with Crippen LogP contribution in [0.2, 0.25) is 0 Å². The van der Waals surface area contributed by atoms with Crippen molar-refractivity contribution in [3.05, 3.63) is 59.7 Å². The first-order valence-electron chi connectivity index (χ1n) is 23.6. The van der Waals surface area contributed by atoms with Gasteiger partial charge in [-0.3, -0.25) is 33.6 Å². The lowest BCUT2D eigenvalue weighted by Crippen LogP contribution is -2.65. The Kier molecular flexibility index (Phi) is 22.9. The Morgan fingerprint density at radius 1 is 0.743 bits per heavy atom. The first-order valence-corrected chi connectivity index (χ1v) is 25.0. The molecule has 1 fully saturated rings. The number of phenols is 2. The van der Waals surface area contributed by atoms with Crippen molar-refractivity contribution in [2.24, 2.45) is 11.5 Å². The smallest absolute Gasteiger partial charge is 0.326 e. The number of benzene rings is 2. The molecule has 1 heterocycles. The van der Waals surface area contributed by atoms with Crippen LogP contribution >= 0.6 is 11.8 Å². The lowest BCUT2D eigenvalue weighted by molar-refractivity contribution is -0.144. The van der Waals surface area contributed by atoms with Gasteiger partial charge >= 0.3 is 5.97 Å². The minimum atomic E-state index is -1.68. The molecule has 14 N–H and O–H groups in total. The van der Waals surface area contributed by atoms with E-state index in [1.165, 1.54) is 73.8 Å². The second kappa shape index (κ2) is 27.4. The van der Waals surface area contributed by atoms with Crippen LogP contribution in [0.1, 0.15) is 97.1 Å². The van der Waals surface area contributed by atoms with Crippen molar-refractivity contribution in [2.45, 2.75) is 152 Å². The van der Waals surface area contributed by atoms with Crippen LogP contribution < -0.4 is 43.4 Å². The average molecular weight is 1000 g/mol. The van der Waals surface area contributed by atoms with E-state index in [1.807, 2.05) is 6.26 Å². The molecule has 0 aromatic heterocycles. The maximum absolute atomic E-state index is 14.5. The molecular formula is C48H73N9O12S. The quantitative estimate of drug-likeness (QED) is 0.0502. The second-order valence-corrected chi connectivity index (χ2v) is 19.2. The summed E-state index contributed by atoms with van der Waals surface area (Å²) in [7, 11) is 0. The molecule has 21 nitrogen and oxygen atoms in total. The number of carboxylic acids is 1. The van der Waals surface area contributed by atoms with Crippen molar-refractivity contribution in [1.29, 1.82) is 0 Å². The van der Waals surface area contributed by atoms with Gasteiger partial charge in [0, 0.05) is 19.4 Å². The van der Waals surface area contributed by atoms with Gasteiger partial charge < -0.3 is 68.7 Å². The first-order chi connectivity index (χ1) is 33.0. The first kappa shape index (κ1) is 58.3. The zero-order valence-corrected chi connectivity index (χ0v) is 41.7. The number of amides is 7. The monoisotopic (exact) mass is 1000 g/mol. The van der Waals surface area contributed by atoms with Gasteiger partial charge in [-0.05, 0) is 126 Å². The zero-order chi connectivity index (χ0) is 52.3. The number of nitrogens with zero attached hydrogens (tertiary/aromatic N) is 1. The minimum Gasteiger partial charge on any atom is -0.508 e. The van der Waals surface area contributed by atoms with Gasteiger partial charge in [0.15, 0.2) is 0 Å². The molecule has 2 aromatic carbocycles. The molecule has 0 spiro atoms. The fourth-order valence-electron chi connectivity index (χ4n) is 7.86. The molecule has 7 atom stereocenters. The number of phenolic OH excluding ortho intramolecular Hbond substituents is 2. The number of rotatable bonds is 28. The fraction of sp³-hybridized carbons (Fsp3) is 0.583. The van der Waals surface area contributed by atoms with Crippen LogP contribution in [0.5, 0.6) is 11.5 Å². The van der Waals surface area contributed by atoms with Crippen molar-refractivity contribution >= 4 is 59.1 Å². The summed E-state index contributed by atoms with van der Waals surface area (Å²) in [5, 5.41) is 56.5. The summed E-state index contributed by atoms with van der Waals surface area (Å²) in [6.07, 6.45) is 1.84. The molecule has 0 unspecified atom stereocenters. The van der Waals surface area contributed by atoms with Crippen molar-refractivity contribution < 1.29 is 58.8 Å². The Balaban J connectivity index is 1.92. The van der Waals surface area contributed by atoms with E-state index in [9.17, 15) is 58.8 Å². The van der Waals surface area contributed by atoms with Crippen molar-refractivity contribution in [1.82, 2.24) is 36.8 Å². The summed E-state index contributed by atoms with van der Waals surface area (Å²) in [6, 6.07) is 3.82. The molecule has 2 aromatic rings. The number of carboxylic acid groups (broad SMARTS) is 1. The highest BCUT2D eigenvalue weighted by atomic mass is 32.2. The Bertz CT molecular complexity index is 2100. The van der Waals surface area contributed by atoms with E-state index in [0.29, 0.717) is 42.7 Å². The van der Waals surface area contributed by atoms with Gasteiger partial charge in [-0.25, -0.2) is 4.79 Å². The molecule has 3 rings (SSSR count). The predicted octanol–water partition coefficient (Wildman–Crippen LogP) is 0.0578. The lowest BCUT2D eigenvalue weighted by atomic mass is 9.90. The van der Waals surface area contributed by atoms with E-state index in [1.54, 1.807) is 26.0 Å². The summed E-state index contributed by atoms with van der Waals surface area (Å²) in [6.45, 7) is 7.90. The number of aromatic hydroxyl groups is 2. The number of nitrogens with two attached hydrogens (primary N) is 2. The van der Waals surface area contributed by atoms with Gasteiger partial charge in [0.2, 0.25) is 41.4 Å². The third-order valence-corrected chi connectivity index (χ3v) is 12.9. The molecule has 70 heavy (non-hydrogen) atoms. The number of carbonyl (C=O) groups is 8. The van der Waals surface area contributed by atoms with Crippen molar-refractivity contribution in [2.75, 3.05) is 25.1 Å². The van der Waals surface area contributed by atoms with Crippen LogP contribution in [0.3, 0.4) is 0 Å². The van der Waals surface area contributed by atoms with Gasteiger partial charge in [0.1, 0.15) is 53.3 Å². The van der Waals surface area contributed by atoms with E-state index >= 15 is 0 Å². The van der Waals surface area contributed by atoms with Gasteiger partial charge in [0.05, 0.1) is 11.6 Å². The number of likely N-dealkylation sites (tertiary alicyclic amines) is 1. The van der Waals surface area contributed by atoms with Crippen LogP contribution in [0.4, 0.5) is 0 Å². The Hall–Kier alpha value is -5.97. The molecule has 1 aliphatic heterocycles. The molecule has 7 amide bonds. The number of thioether (sulfide) groups is 1. The summed E-state index contributed by atoms with van der Waals surface area (Å²) >= 11 is 1.44. The standard InChI is InChI=1S/C48H73N9O12S/c1-7-48(8-2,46(69)54-34(44(66)67)12-9-10-23-49)56-40(62)35(26-29-14-18-31(59)19-15-29)51-42(64)38(28(3)58)55-41(63)37-13-11-24-57(37)43(65)36(27-30-16-20-32(60)21-17-30)52-39(61)33(22-25-70-6)53-45(68)47(4,5)50/h14-21,28,33-38,58-60H,7-13,22-27,49-50H2,1-6H3,(H,51,64)(H,52,61)(H,53,68)(H,54,69)(H,55,63)(H,56,62)(H,66,67)/t28-,33+,34+,35+,36+,37+,38+/m1/s1. The largest absolute Gasteiger partial charge is 0.508 e. The number of hydrogen-bond donors (Lipinski definition) is 12. The summed E-state index contributed by atoms with van der Waals surface area (Å²) in [5.41, 5.74) is 9.66. The molecule has 22 heteroatoms. The number of aliphatic hydroxyl groups is 1. The maximum Gasteiger partial charge on any atom is 0.326 e. The van der Waals surface area contributed by atoms with E-state index < -0.39 is 101 Å². The van der Waals surface area contributed by atoms with Gasteiger partial charge in [-0.1, -0.05) is 38.1 Å². The van der Waals surface area contributed by atoms with Crippen LogP contribution in [0.15, 0.2) is 48.5 Å². The Morgan fingerprint density at radius 3 is 1.79 bits per heavy atom. The Morgan fingerprint density at radius 2 is 1.29 bits per heavy atom.